The third-order valence-corrected chi connectivity index (χ3v) is 7.48. The molecule has 5 nitrogen and oxygen atoms in total. The lowest BCUT2D eigenvalue weighted by Gasteiger charge is -2.26. The van der Waals surface area contributed by atoms with Gasteiger partial charge in [0.25, 0.3) is 5.91 Å². The molecule has 156 valence electrons. The minimum Gasteiger partial charge on any atom is -0.393 e. The summed E-state index contributed by atoms with van der Waals surface area (Å²) in [6, 6.07) is 4.77. The van der Waals surface area contributed by atoms with Crippen molar-refractivity contribution in [3.05, 3.63) is 58.4 Å². The maximum atomic E-state index is 13.3. The van der Waals surface area contributed by atoms with Gasteiger partial charge in [-0.1, -0.05) is 11.6 Å². The summed E-state index contributed by atoms with van der Waals surface area (Å²) in [5.74, 6) is -5.48. The van der Waals surface area contributed by atoms with Gasteiger partial charge in [-0.15, -0.1) is 0 Å². The van der Waals surface area contributed by atoms with Crippen molar-refractivity contribution in [3.63, 3.8) is 0 Å². The third kappa shape index (κ3) is 4.57. The Kier molecular flexibility index (Phi) is 6.21. The van der Waals surface area contributed by atoms with E-state index in [1.807, 2.05) is 0 Å². The van der Waals surface area contributed by atoms with Crippen molar-refractivity contribution in [3.8, 4) is 0 Å². The monoisotopic (exact) mass is 447 g/mol. The average Bonchev–Trinajstić information content (AvgIpc) is 2.66. The molecule has 0 radical (unpaired) electrons. The van der Waals surface area contributed by atoms with Crippen LogP contribution in [0.5, 0.6) is 0 Å². The Hall–Kier alpha value is -2.10. The molecule has 1 fully saturated rings. The summed E-state index contributed by atoms with van der Waals surface area (Å²) in [6.45, 7) is 0. The number of halogens is 4. The zero-order valence-corrected chi connectivity index (χ0v) is 16.5. The van der Waals surface area contributed by atoms with Gasteiger partial charge in [0.15, 0.2) is 27.3 Å². The summed E-state index contributed by atoms with van der Waals surface area (Å²) in [5.41, 5.74) is -0.448. The quantitative estimate of drug-likeness (QED) is 0.691. The van der Waals surface area contributed by atoms with E-state index in [2.05, 4.69) is 5.32 Å². The summed E-state index contributed by atoms with van der Waals surface area (Å²) in [5, 5.41) is 11.1. The van der Waals surface area contributed by atoms with Gasteiger partial charge in [-0.2, -0.15) is 0 Å². The van der Waals surface area contributed by atoms with Gasteiger partial charge in [0.1, 0.15) is 0 Å². The summed E-state index contributed by atoms with van der Waals surface area (Å²) in [7, 11) is -3.92. The van der Waals surface area contributed by atoms with Crippen LogP contribution in [-0.2, 0) is 9.84 Å². The largest absolute Gasteiger partial charge is 0.393 e. The molecule has 1 aliphatic carbocycles. The van der Waals surface area contributed by atoms with Gasteiger partial charge < -0.3 is 10.4 Å². The van der Waals surface area contributed by atoms with Crippen LogP contribution in [0.1, 0.15) is 36.0 Å². The predicted octanol–water partition coefficient (Wildman–Crippen LogP) is 4.09. The molecular formula is C19H17ClF3NO4S. The number of aliphatic hydroxyl groups is 1. The van der Waals surface area contributed by atoms with E-state index in [0.717, 1.165) is 6.07 Å². The number of nitrogens with one attached hydrogen (secondary N) is 1. The highest BCUT2D eigenvalue weighted by Gasteiger charge is 2.34. The number of anilines is 1. The van der Waals surface area contributed by atoms with Crippen molar-refractivity contribution < 1.29 is 31.5 Å². The lowest BCUT2D eigenvalue weighted by molar-refractivity contribution is 0.102. The van der Waals surface area contributed by atoms with E-state index in [1.165, 1.54) is 12.1 Å². The molecule has 2 N–H and O–H groups in total. The number of aliphatic hydroxyl groups excluding tert-OH is 1. The number of rotatable bonds is 4. The van der Waals surface area contributed by atoms with Crippen LogP contribution in [0.2, 0.25) is 5.02 Å². The number of carbonyl (C=O) groups is 1. The number of benzene rings is 2. The number of hydrogen-bond donors (Lipinski definition) is 2. The molecule has 0 heterocycles. The maximum Gasteiger partial charge on any atom is 0.255 e. The first-order valence-corrected chi connectivity index (χ1v) is 10.7. The molecule has 0 aromatic heterocycles. The SMILES string of the molecule is O=C(Nc1cc(F)c(F)c(F)c1)c1ccc(Cl)c(S(=O)(=O)[C@@H]2CCC[C@H](O)C2)c1. The Morgan fingerprint density at radius 2 is 1.76 bits per heavy atom. The zero-order valence-electron chi connectivity index (χ0n) is 15.0. The minimum atomic E-state index is -3.92. The van der Waals surface area contributed by atoms with Crippen LogP contribution in [0.15, 0.2) is 35.2 Å². The van der Waals surface area contributed by atoms with Gasteiger partial charge in [0.2, 0.25) is 0 Å². The Labute approximate surface area is 170 Å². The molecule has 0 bridgehead atoms. The number of amides is 1. The average molecular weight is 448 g/mol. The lowest BCUT2D eigenvalue weighted by Crippen LogP contribution is -2.31. The summed E-state index contributed by atoms with van der Waals surface area (Å²) < 4.78 is 65.6. The van der Waals surface area contributed by atoms with Crippen molar-refractivity contribution in [1.82, 2.24) is 0 Å². The molecule has 1 amide bonds. The molecule has 1 saturated carbocycles. The second kappa shape index (κ2) is 8.33. The highest BCUT2D eigenvalue weighted by atomic mass is 35.5. The van der Waals surface area contributed by atoms with Crippen molar-refractivity contribution in [1.29, 1.82) is 0 Å². The molecule has 2 aromatic rings. The first-order valence-electron chi connectivity index (χ1n) is 8.77. The minimum absolute atomic E-state index is 0.0726. The Morgan fingerprint density at radius 1 is 1.10 bits per heavy atom. The summed E-state index contributed by atoms with van der Waals surface area (Å²) in [6.07, 6.45) is 0.776. The first-order chi connectivity index (χ1) is 13.6. The normalized spacial score (nSPS) is 19.8. The molecule has 10 heteroatoms. The second-order valence-corrected chi connectivity index (χ2v) is 9.44. The van der Waals surface area contributed by atoms with Crippen LogP contribution >= 0.6 is 11.6 Å². The fourth-order valence-corrected chi connectivity index (χ4v) is 5.66. The Morgan fingerprint density at radius 3 is 2.38 bits per heavy atom. The number of sulfone groups is 1. The molecule has 29 heavy (non-hydrogen) atoms. The summed E-state index contributed by atoms with van der Waals surface area (Å²) >= 11 is 6.05. The van der Waals surface area contributed by atoms with Crippen molar-refractivity contribution >= 4 is 33.0 Å². The maximum absolute atomic E-state index is 13.3. The van der Waals surface area contributed by atoms with E-state index < -0.39 is 44.5 Å². The molecule has 0 aliphatic heterocycles. The van der Waals surface area contributed by atoms with E-state index in [0.29, 0.717) is 31.4 Å². The highest BCUT2D eigenvalue weighted by molar-refractivity contribution is 7.92. The van der Waals surface area contributed by atoms with Crippen molar-refractivity contribution in [2.75, 3.05) is 5.32 Å². The highest BCUT2D eigenvalue weighted by Crippen LogP contribution is 2.33. The van der Waals surface area contributed by atoms with Gasteiger partial charge in [0.05, 0.1) is 21.3 Å². The van der Waals surface area contributed by atoms with Crippen LogP contribution in [0.25, 0.3) is 0 Å². The van der Waals surface area contributed by atoms with Crippen LogP contribution in [0.3, 0.4) is 0 Å². The fourth-order valence-electron chi connectivity index (χ4n) is 3.28. The van der Waals surface area contributed by atoms with Crippen LogP contribution in [0, 0.1) is 17.5 Å². The van der Waals surface area contributed by atoms with Gasteiger partial charge in [0, 0.05) is 23.4 Å². The van der Waals surface area contributed by atoms with Gasteiger partial charge in [-0.25, -0.2) is 21.6 Å². The molecule has 0 saturated heterocycles. The molecule has 1 aliphatic rings. The van der Waals surface area contributed by atoms with Gasteiger partial charge in [-0.05, 0) is 43.9 Å². The lowest BCUT2D eigenvalue weighted by atomic mass is 9.97. The molecule has 2 atom stereocenters. The van der Waals surface area contributed by atoms with Crippen molar-refractivity contribution in [2.45, 2.75) is 41.9 Å². The topological polar surface area (TPSA) is 83.5 Å². The van der Waals surface area contributed by atoms with E-state index in [-0.39, 0.29) is 27.6 Å². The van der Waals surface area contributed by atoms with Gasteiger partial charge >= 0.3 is 0 Å². The predicted molar refractivity (Wildman–Crippen MR) is 101 cm³/mol. The van der Waals surface area contributed by atoms with Crippen LogP contribution < -0.4 is 5.32 Å². The molecule has 2 aromatic carbocycles. The number of carbonyl (C=O) groups excluding carboxylic acids is 1. The van der Waals surface area contributed by atoms with E-state index in [1.54, 1.807) is 0 Å². The molecular weight excluding hydrogens is 431 g/mol. The second-order valence-electron chi connectivity index (χ2n) is 6.84. The zero-order chi connectivity index (χ0) is 21.3. The third-order valence-electron chi connectivity index (χ3n) is 4.78. The Balaban J connectivity index is 1.89. The smallest absolute Gasteiger partial charge is 0.255 e. The van der Waals surface area contributed by atoms with Crippen LogP contribution in [-0.4, -0.2) is 30.8 Å². The van der Waals surface area contributed by atoms with E-state index >= 15 is 0 Å². The number of hydrogen-bond acceptors (Lipinski definition) is 4. The van der Waals surface area contributed by atoms with E-state index in [4.69, 9.17) is 11.6 Å². The fraction of sp³-hybridized carbons (Fsp3) is 0.316. The first kappa shape index (κ1) is 21.6. The van der Waals surface area contributed by atoms with Crippen LogP contribution in [0.4, 0.5) is 18.9 Å². The standard InChI is InChI=1S/C19H17ClF3NO4S/c20-14-5-4-10(19(26)24-11-7-15(21)18(23)16(22)8-11)6-17(14)29(27,28)13-3-1-2-12(25)9-13/h4-8,12-13,25H,1-3,9H2,(H,24,26)/t12-,13+/m0/s1. The molecule has 3 rings (SSSR count). The molecule has 0 unspecified atom stereocenters. The molecule has 0 spiro atoms. The summed E-state index contributed by atoms with van der Waals surface area (Å²) in [4.78, 5) is 12.2. The van der Waals surface area contributed by atoms with Crippen molar-refractivity contribution in [2.24, 2.45) is 0 Å². The van der Waals surface area contributed by atoms with Gasteiger partial charge in [-0.3, -0.25) is 4.79 Å². The van der Waals surface area contributed by atoms with E-state index in [9.17, 15) is 31.5 Å². The Bertz CT molecular complexity index is 1040.